The van der Waals surface area contributed by atoms with E-state index in [0.29, 0.717) is 5.69 Å². The highest BCUT2D eigenvalue weighted by Gasteiger charge is 2.36. The summed E-state index contributed by atoms with van der Waals surface area (Å²) in [5.74, 6) is -0.958. The van der Waals surface area contributed by atoms with E-state index in [0.717, 1.165) is 42.8 Å². The van der Waals surface area contributed by atoms with Crippen LogP contribution in [0, 0.1) is 0 Å². The van der Waals surface area contributed by atoms with Crippen molar-refractivity contribution in [3.8, 4) is 11.5 Å². The first-order valence-electron chi connectivity index (χ1n) is 9.86. The van der Waals surface area contributed by atoms with Gasteiger partial charge in [0.25, 0.3) is 5.91 Å². The van der Waals surface area contributed by atoms with Gasteiger partial charge in [-0.15, -0.1) is 0 Å². The van der Waals surface area contributed by atoms with Gasteiger partial charge in [0.15, 0.2) is 0 Å². The van der Waals surface area contributed by atoms with Gasteiger partial charge in [-0.25, -0.2) is 0 Å². The molecule has 0 fully saturated rings. The summed E-state index contributed by atoms with van der Waals surface area (Å²) in [6, 6.07) is 7.53. The van der Waals surface area contributed by atoms with E-state index < -0.39 is 17.6 Å². The topological polar surface area (TPSA) is 50.8 Å². The number of alkyl halides is 3. The molecule has 30 heavy (non-hydrogen) atoms. The molecular weight excluding hydrogens is 397 g/mol. The largest absolute Gasteiger partial charge is 0.493 e. The Hall–Kier alpha value is -2.74. The lowest BCUT2D eigenvalue weighted by molar-refractivity contribution is -0.138. The van der Waals surface area contributed by atoms with Crippen molar-refractivity contribution in [3.63, 3.8) is 0 Å². The molecule has 0 aliphatic carbocycles. The first-order valence-corrected chi connectivity index (χ1v) is 9.86. The van der Waals surface area contributed by atoms with E-state index in [4.69, 9.17) is 9.47 Å². The van der Waals surface area contributed by atoms with Crippen molar-refractivity contribution in [1.82, 2.24) is 4.90 Å². The van der Waals surface area contributed by atoms with Crippen molar-refractivity contribution in [2.75, 3.05) is 32.1 Å². The Morgan fingerprint density at radius 2 is 1.83 bits per heavy atom. The van der Waals surface area contributed by atoms with Gasteiger partial charge in [-0.3, -0.25) is 4.79 Å². The molecule has 0 saturated heterocycles. The van der Waals surface area contributed by atoms with Crippen LogP contribution in [0.1, 0.15) is 40.9 Å². The van der Waals surface area contributed by atoms with E-state index in [-0.39, 0.29) is 30.3 Å². The minimum atomic E-state index is -4.67. The second-order valence-electron chi connectivity index (χ2n) is 7.09. The fraction of sp³-hybridized carbons (Fsp3) is 0.409. The predicted octanol–water partition coefficient (Wildman–Crippen LogP) is 4.74. The van der Waals surface area contributed by atoms with Crippen LogP contribution in [0.25, 0.3) is 0 Å². The molecule has 162 valence electrons. The molecule has 8 heteroatoms. The second-order valence-corrected chi connectivity index (χ2v) is 7.09. The molecule has 0 saturated carbocycles. The number of halogens is 3. The summed E-state index contributed by atoms with van der Waals surface area (Å²) >= 11 is 0. The van der Waals surface area contributed by atoms with E-state index in [1.54, 1.807) is 19.9 Å². The minimum Gasteiger partial charge on any atom is -0.493 e. The average Bonchev–Trinajstić information content (AvgIpc) is 2.67. The normalized spacial score (nSPS) is 14.2. The molecule has 0 spiro atoms. The molecule has 5 nitrogen and oxygen atoms in total. The fourth-order valence-electron chi connectivity index (χ4n) is 3.57. The zero-order valence-corrected chi connectivity index (χ0v) is 17.2. The quantitative estimate of drug-likeness (QED) is 0.731. The summed E-state index contributed by atoms with van der Waals surface area (Å²) < 4.78 is 51.3. The second kappa shape index (κ2) is 8.95. The number of benzene rings is 2. The van der Waals surface area contributed by atoms with Gasteiger partial charge in [0.1, 0.15) is 11.5 Å². The standard InChI is InChI=1S/C22H25F3N2O3/c1-4-29-19-12-20(30-5-2)17(22(23,24)25)11-16(19)21(28)26-18-8-6-7-14-13-27(3)10-9-15(14)18/h6-8,11-12H,4-5,9-10,13H2,1-3H3,(H,26,28). The number of ether oxygens (including phenoxy) is 2. The number of carbonyl (C=O) groups excluding carboxylic acids is 1. The van der Waals surface area contributed by atoms with Crippen molar-refractivity contribution in [1.29, 1.82) is 0 Å². The van der Waals surface area contributed by atoms with Gasteiger partial charge in [0, 0.05) is 24.8 Å². The lowest BCUT2D eigenvalue weighted by Gasteiger charge is -2.27. The molecule has 1 amide bonds. The summed E-state index contributed by atoms with van der Waals surface area (Å²) in [6.45, 7) is 5.14. The first-order chi connectivity index (χ1) is 14.2. The van der Waals surface area contributed by atoms with Crippen LogP contribution < -0.4 is 14.8 Å². The van der Waals surface area contributed by atoms with Crippen LogP contribution in [0.2, 0.25) is 0 Å². The third-order valence-corrected chi connectivity index (χ3v) is 4.94. The number of rotatable bonds is 6. The number of likely N-dealkylation sites (N-methyl/N-ethyl adjacent to an activating group) is 1. The summed E-state index contributed by atoms with van der Waals surface area (Å²) in [5, 5.41) is 2.78. The number of amides is 1. The third kappa shape index (κ3) is 4.70. The van der Waals surface area contributed by atoms with Crippen molar-refractivity contribution in [2.24, 2.45) is 0 Å². The molecular formula is C22H25F3N2O3. The Balaban J connectivity index is 2.00. The summed E-state index contributed by atoms with van der Waals surface area (Å²) in [7, 11) is 2.02. The molecule has 0 bridgehead atoms. The van der Waals surface area contributed by atoms with Gasteiger partial charge in [-0.2, -0.15) is 13.2 Å². The minimum absolute atomic E-state index is 0.0518. The third-order valence-electron chi connectivity index (χ3n) is 4.94. The Labute approximate surface area is 173 Å². The molecule has 1 N–H and O–H groups in total. The monoisotopic (exact) mass is 422 g/mol. The number of hydrogen-bond acceptors (Lipinski definition) is 4. The summed E-state index contributed by atoms with van der Waals surface area (Å²) in [5.41, 5.74) is 1.52. The molecule has 3 rings (SSSR count). The number of nitrogens with zero attached hydrogens (tertiary/aromatic N) is 1. The number of fused-ring (bicyclic) bond motifs is 1. The van der Waals surface area contributed by atoms with Crippen LogP contribution in [0.3, 0.4) is 0 Å². The van der Waals surface area contributed by atoms with Gasteiger partial charge in [0.05, 0.1) is 24.3 Å². The molecule has 1 heterocycles. The van der Waals surface area contributed by atoms with Crippen molar-refractivity contribution in [2.45, 2.75) is 33.0 Å². The Bertz CT molecular complexity index is 929. The van der Waals surface area contributed by atoms with Crippen LogP contribution in [0.4, 0.5) is 18.9 Å². The van der Waals surface area contributed by atoms with Crippen LogP contribution in [0.15, 0.2) is 30.3 Å². The van der Waals surface area contributed by atoms with E-state index in [1.165, 1.54) is 0 Å². The molecule has 2 aromatic carbocycles. The van der Waals surface area contributed by atoms with E-state index >= 15 is 0 Å². The number of hydrogen-bond donors (Lipinski definition) is 1. The van der Waals surface area contributed by atoms with Gasteiger partial charge in [-0.1, -0.05) is 12.1 Å². The van der Waals surface area contributed by atoms with Gasteiger partial charge in [0.2, 0.25) is 0 Å². The maximum atomic E-state index is 13.6. The summed E-state index contributed by atoms with van der Waals surface area (Å²) in [6.07, 6.45) is -3.92. The molecule has 0 unspecified atom stereocenters. The van der Waals surface area contributed by atoms with Crippen molar-refractivity contribution >= 4 is 11.6 Å². The van der Waals surface area contributed by atoms with E-state index in [1.807, 2.05) is 19.2 Å². The Kier molecular flexibility index (Phi) is 6.55. The zero-order valence-electron chi connectivity index (χ0n) is 17.2. The highest BCUT2D eigenvalue weighted by atomic mass is 19.4. The van der Waals surface area contributed by atoms with Gasteiger partial charge < -0.3 is 19.7 Å². The SMILES string of the molecule is CCOc1cc(OCC)c(C(F)(F)F)cc1C(=O)Nc1cccc2c1CCN(C)C2. The average molecular weight is 422 g/mol. The van der Waals surface area contributed by atoms with Crippen molar-refractivity contribution < 1.29 is 27.4 Å². The van der Waals surface area contributed by atoms with E-state index in [2.05, 4.69) is 10.2 Å². The van der Waals surface area contributed by atoms with Crippen LogP contribution in [-0.2, 0) is 19.1 Å². The fourth-order valence-corrected chi connectivity index (χ4v) is 3.57. The van der Waals surface area contributed by atoms with Crippen LogP contribution >= 0.6 is 0 Å². The highest BCUT2D eigenvalue weighted by Crippen LogP contribution is 2.40. The maximum absolute atomic E-state index is 13.6. The molecule has 0 atom stereocenters. The Morgan fingerprint density at radius 1 is 1.13 bits per heavy atom. The first kappa shape index (κ1) is 22.0. The Morgan fingerprint density at radius 3 is 2.50 bits per heavy atom. The highest BCUT2D eigenvalue weighted by molar-refractivity contribution is 6.07. The van der Waals surface area contributed by atoms with Crippen LogP contribution in [-0.4, -0.2) is 37.6 Å². The lowest BCUT2D eigenvalue weighted by atomic mass is 9.97. The van der Waals surface area contributed by atoms with Crippen molar-refractivity contribution in [3.05, 3.63) is 52.6 Å². The summed E-state index contributed by atoms with van der Waals surface area (Å²) in [4.78, 5) is 15.2. The lowest BCUT2D eigenvalue weighted by Crippen LogP contribution is -2.27. The molecule has 0 radical (unpaired) electrons. The number of carbonyl (C=O) groups is 1. The van der Waals surface area contributed by atoms with Gasteiger partial charge >= 0.3 is 6.18 Å². The molecule has 1 aliphatic rings. The molecule has 1 aliphatic heterocycles. The van der Waals surface area contributed by atoms with Crippen LogP contribution in [0.5, 0.6) is 11.5 Å². The van der Waals surface area contributed by atoms with Gasteiger partial charge in [-0.05, 0) is 50.6 Å². The maximum Gasteiger partial charge on any atom is 0.419 e. The zero-order chi connectivity index (χ0) is 21.9. The molecule has 0 aromatic heterocycles. The smallest absolute Gasteiger partial charge is 0.419 e. The number of nitrogens with one attached hydrogen (secondary N) is 1. The predicted molar refractivity (Wildman–Crippen MR) is 108 cm³/mol. The molecule has 2 aromatic rings. The van der Waals surface area contributed by atoms with E-state index in [9.17, 15) is 18.0 Å². The number of anilines is 1.